The van der Waals surface area contributed by atoms with Crippen LogP contribution in [0.15, 0.2) is 36.5 Å². The molecule has 1 aromatic heterocycles. The third-order valence-electron chi connectivity index (χ3n) is 3.93. The van der Waals surface area contributed by atoms with E-state index < -0.39 is 0 Å². The Kier molecular flexibility index (Phi) is 3.75. The Morgan fingerprint density at radius 3 is 2.67 bits per heavy atom. The smallest absolute Gasteiger partial charge is 0.251 e. The van der Waals surface area contributed by atoms with E-state index in [0.717, 1.165) is 11.4 Å². The molecule has 3 N–H and O–H groups in total. The molecule has 0 saturated heterocycles. The van der Waals surface area contributed by atoms with Crippen LogP contribution in [0, 0.1) is 12.8 Å². The number of aromatic nitrogens is 2. The molecule has 110 valence electrons. The first-order valence-corrected chi connectivity index (χ1v) is 7.30. The molecular weight excluding hydrogens is 264 g/mol. The van der Waals surface area contributed by atoms with E-state index in [1.165, 1.54) is 12.8 Å². The number of nitrogens with one attached hydrogen (secondary N) is 1. The quantitative estimate of drug-likeness (QED) is 0.877. The SMILES string of the molecule is Cc1ccnn1-c1ccc(C(=O)NCC(N)C2CC2)cc1. The summed E-state index contributed by atoms with van der Waals surface area (Å²) in [7, 11) is 0. The van der Waals surface area contributed by atoms with Gasteiger partial charge in [-0.05, 0) is 56.0 Å². The van der Waals surface area contributed by atoms with Gasteiger partial charge >= 0.3 is 0 Å². The molecule has 5 nitrogen and oxygen atoms in total. The minimum Gasteiger partial charge on any atom is -0.350 e. The summed E-state index contributed by atoms with van der Waals surface area (Å²) >= 11 is 0. The van der Waals surface area contributed by atoms with Gasteiger partial charge in [0.25, 0.3) is 5.91 Å². The normalized spacial score (nSPS) is 15.7. The number of nitrogens with zero attached hydrogens (tertiary/aromatic N) is 2. The number of rotatable bonds is 5. The summed E-state index contributed by atoms with van der Waals surface area (Å²) in [5.74, 6) is 0.519. The fraction of sp³-hybridized carbons (Fsp3) is 0.375. The first kappa shape index (κ1) is 13.8. The number of hydrogen-bond donors (Lipinski definition) is 2. The number of amides is 1. The van der Waals surface area contributed by atoms with Crippen molar-refractivity contribution in [3.63, 3.8) is 0 Å². The fourth-order valence-electron chi connectivity index (χ4n) is 2.40. The lowest BCUT2D eigenvalue weighted by Crippen LogP contribution is -2.38. The summed E-state index contributed by atoms with van der Waals surface area (Å²) in [4.78, 5) is 12.1. The third kappa shape index (κ3) is 3.13. The van der Waals surface area contributed by atoms with E-state index in [1.54, 1.807) is 6.20 Å². The molecule has 5 heteroatoms. The molecule has 1 saturated carbocycles. The highest BCUT2D eigenvalue weighted by molar-refractivity contribution is 5.94. The van der Waals surface area contributed by atoms with E-state index in [9.17, 15) is 4.79 Å². The first-order valence-electron chi connectivity index (χ1n) is 7.30. The number of benzene rings is 1. The van der Waals surface area contributed by atoms with Crippen molar-refractivity contribution in [2.45, 2.75) is 25.8 Å². The second-order valence-corrected chi connectivity index (χ2v) is 5.64. The minimum atomic E-state index is -0.0742. The molecule has 1 atom stereocenters. The van der Waals surface area contributed by atoms with Gasteiger partial charge in [0.1, 0.15) is 0 Å². The zero-order valence-corrected chi connectivity index (χ0v) is 12.1. The Bertz CT molecular complexity index is 628. The molecular formula is C16H20N4O. The maximum absolute atomic E-state index is 12.1. The van der Waals surface area contributed by atoms with Crippen LogP contribution in [0.1, 0.15) is 28.9 Å². The lowest BCUT2D eigenvalue weighted by molar-refractivity contribution is 0.0950. The first-order chi connectivity index (χ1) is 10.1. The molecule has 1 aliphatic rings. The highest BCUT2D eigenvalue weighted by atomic mass is 16.1. The molecule has 1 aliphatic carbocycles. The summed E-state index contributed by atoms with van der Waals surface area (Å²) in [6.45, 7) is 2.54. The van der Waals surface area contributed by atoms with Gasteiger partial charge in [0, 0.05) is 30.0 Å². The Morgan fingerprint density at radius 2 is 2.10 bits per heavy atom. The lowest BCUT2D eigenvalue weighted by atomic mass is 10.1. The van der Waals surface area contributed by atoms with Gasteiger partial charge in [0.2, 0.25) is 0 Å². The zero-order valence-electron chi connectivity index (χ0n) is 12.1. The van der Waals surface area contributed by atoms with Crippen molar-refractivity contribution in [3.8, 4) is 5.69 Å². The van der Waals surface area contributed by atoms with E-state index in [4.69, 9.17) is 5.73 Å². The van der Waals surface area contributed by atoms with Gasteiger partial charge in [-0.3, -0.25) is 4.79 Å². The van der Waals surface area contributed by atoms with Gasteiger partial charge in [0.05, 0.1) is 5.69 Å². The standard InChI is InChI=1S/C16H20N4O/c1-11-8-9-19-20(11)14-6-4-13(5-7-14)16(21)18-10-15(17)12-2-3-12/h4-9,12,15H,2-3,10,17H2,1H3,(H,18,21). The molecule has 1 heterocycles. The van der Waals surface area contributed by atoms with Crippen LogP contribution in [0.3, 0.4) is 0 Å². The Morgan fingerprint density at radius 1 is 1.38 bits per heavy atom. The zero-order chi connectivity index (χ0) is 14.8. The summed E-state index contributed by atoms with van der Waals surface area (Å²) in [6, 6.07) is 9.45. The van der Waals surface area contributed by atoms with Crippen LogP contribution in [-0.2, 0) is 0 Å². The third-order valence-corrected chi connectivity index (χ3v) is 3.93. The molecule has 0 aliphatic heterocycles. The molecule has 0 bridgehead atoms. The molecule has 2 aromatic rings. The molecule has 3 rings (SSSR count). The van der Waals surface area contributed by atoms with Crippen LogP contribution in [0.25, 0.3) is 5.69 Å². The van der Waals surface area contributed by atoms with Gasteiger partial charge < -0.3 is 11.1 Å². The largest absolute Gasteiger partial charge is 0.350 e. The van der Waals surface area contributed by atoms with Crippen molar-refractivity contribution >= 4 is 5.91 Å². The monoisotopic (exact) mass is 284 g/mol. The van der Waals surface area contributed by atoms with Gasteiger partial charge in [-0.15, -0.1) is 0 Å². The van der Waals surface area contributed by atoms with Crippen molar-refractivity contribution in [2.24, 2.45) is 11.7 Å². The fourth-order valence-corrected chi connectivity index (χ4v) is 2.40. The topological polar surface area (TPSA) is 72.9 Å². The molecule has 0 spiro atoms. The maximum Gasteiger partial charge on any atom is 0.251 e. The van der Waals surface area contributed by atoms with Crippen LogP contribution in [-0.4, -0.2) is 28.3 Å². The lowest BCUT2D eigenvalue weighted by Gasteiger charge is -2.12. The molecule has 0 radical (unpaired) electrons. The number of carbonyl (C=O) groups excluding carboxylic acids is 1. The predicted octanol–water partition coefficient (Wildman–Crippen LogP) is 1.65. The van der Waals surface area contributed by atoms with Gasteiger partial charge in [0.15, 0.2) is 0 Å². The second-order valence-electron chi connectivity index (χ2n) is 5.64. The molecule has 1 unspecified atom stereocenters. The maximum atomic E-state index is 12.1. The van der Waals surface area contributed by atoms with Crippen molar-refractivity contribution in [2.75, 3.05) is 6.54 Å². The van der Waals surface area contributed by atoms with Crippen LogP contribution in [0.4, 0.5) is 0 Å². The summed E-state index contributed by atoms with van der Waals surface area (Å²) < 4.78 is 1.84. The average molecular weight is 284 g/mol. The summed E-state index contributed by atoms with van der Waals surface area (Å²) in [5.41, 5.74) is 8.63. The van der Waals surface area contributed by atoms with Crippen molar-refractivity contribution < 1.29 is 4.79 Å². The van der Waals surface area contributed by atoms with Crippen LogP contribution < -0.4 is 11.1 Å². The van der Waals surface area contributed by atoms with Gasteiger partial charge in [-0.25, -0.2) is 4.68 Å². The van der Waals surface area contributed by atoms with E-state index >= 15 is 0 Å². The van der Waals surface area contributed by atoms with Crippen LogP contribution in [0.2, 0.25) is 0 Å². The Hall–Kier alpha value is -2.14. The van der Waals surface area contributed by atoms with Crippen molar-refractivity contribution in [1.82, 2.24) is 15.1 Å². The molecule has 1 amide bonds. The van der Waals surface area contributed by atoms with E-state index in [1.807, 2.05) is 41.9 Å². The van der Waals surface area contributed by atoms with E-state index in [-0.39, 0.29) is 11.9 Å². The minimum absolute atomic E-state index is 0.0742. The van der Waals surface area contributed by atoms with Crippen LogP contribution >= 0.6 is 0 Å². The number of aryl methyl sites for hydroxylation is 1. The van der Waals surface area contributed by atoms with Gasteiger partial charge in [-0.1, -0.05) is 0 Å². The highest BCUT2D eigenvalue weighted by Gasteiger charge is 2.28. The second kappa shape index (κ2) is 5.69. The number of carbonyl (C=O) groups is 1. The number of nitrogens with two attached hydrogens (primary N) is 1. The van der Waals surface area contributed by atoms with Crippen molar-refractivity contribution in [3.05, 3.63) is 47.8 Å². The summed E-state index contributed by atoms with van der Waals surface area (Å²) in [6.07, 6.45) is 4.14. The molecule has 1 fully saturated rings. The van der Waals surface area contributed by atoms with Crippen LogP contribution in [0.5, 0.6) is 0 Å². The molecule has 21 heavy (non-hydrogen) atoms. The predicted molar refractivity (Wildman–Crippen MR) is 81.3 cm³/mol. The highest BCUT2D eigenvalue weighted by Crippen LogP contribution is 2.31. The Balaban J connectivity index is 1.63. The summed E-state index contributed by atoms with van der Waals surface area (Å²) in [5, 5.41) is 7.15. The van der Waals surface area contributed by atoms with E-state index in [0.29, 0.717) is 18.0 Å². The number of hydrogen-bond acceptors (Lipinski definition) is 3. The van der Waals surface area contributed by atoms with Gasteiger partial charge in [-0.2, -0.15) is 5.10 Å². The van der Waals surface area contributed by atoms with Crippen molar-refractivity contribution in [1.29, 1.82) is 0 Å². The van der Waals surface area contributed by atoms with E-state index in [2.05, 4.69) is 10.4 Å². The Labute approximate surface area is 124 Å². The average Bonchev–Trinajstić information content (AvgIpc) is 3.27. The molecule has 1 aromatic carbocycles.